The molecule has 3 aromatic carbocycles. The summed E-state index contributed by atoms with van der Waals surface area (Å²) in [6.07, 6.45) is 0. The van der Waals surface area contributed by atoms with Crippen molar-refractivity contribution in [3.63, 3.8) is 0 Å². The number of anilines is 1. The van der Waals surface area contributed by atoms with Gasteiger partial charge in [-0.1, -0.05) is 12.1 Å². The van der Waals surface area contributed by atoms with Gasteiger partial charge in [-0.3, -0.25) is 14.5 Å². The van der Waals surface area contributed by atoms with Crippen molar-refractivity contribution in [1.29, 1.82) is 0 Å². The minimum absolute atomic E-state index is 0.00617. The molecule has 0 spiro atoms. The molecule has 0 radical (unpaired) electrons. The summed E-state index contributed by atoms with van der Waals surface area (Å²) >= 11 is 0. The Morgan fingerprint density at radius 2 is 1.23 bits per heavy atom. The molecular formula is C26H19NO8. The Hall–Kier alpha value is -4.92. The van der Waals surface area contributed by atoms with Crippen LogP contribution in [0.1, 0.15) is 37.9 Å². The summed E-state index contributed by atoms with van der Waals surface area (Å²) in [5, 5.41) is 29.5. The molecule has 4 rings (SSSR count). The number of hydrogen-bond donors (Lipinski definition) is 3. The van der Waals surface area contributed by atoms with E-state index in [0.717, 1.165) is 4.90 Å². The molecule has 176 valence electrons. The summed E-state index contributed by atoms with van der Waals surface area (Å²) in [4.78, 5) is 49.9. The second-order valence-corrected chi connectivity index (χ2v) is 7.68. The third kappa shape index (κ3) is 4.22. The average Bonchev–Trinajstić information content (AvgIpc) is 3.14. The smallest absolute Gasteiger partial charge is 0.335 e. The number of ketones is 1. The highest BCUT2D eigenvalue weighted by molar-refractivity contribution is 6.51. The van der Waals surface area contributed by atoms with Crippen molar-refractivity contribution in [2.75, 3.05) is 12.0 Å². The molecule has 1 aliphatic rings. The number of aliphatic hydroxyl groups is 1. The van der Waals surface area contributed by atoms with Crippen molar-refractivity contribution in [3.8, 4) is 5.75 Å². The number of carbonyl (C=O) groups is 4. The SMILES string of the molecule is COc1ccc(/C(O)=C2\C(=O)C(=O)N(c3ccc(C(=O)O)cc3)C2c2ccc(C(=O)O)cc2)cc1. The lowest BCUT2D eigenvalue weighted by atomic mass is 9.94. The highest BCUT2D eigenvalue weighted by Gasteiger charge is 2.47. The zero-order valence-electron chi connectivity index (χ0n) is 18.3. The second kappa shape index (κ2) is 9.14. The van der Waals surface area contributed by atoms with Crippen molar-refractivity contribution in [2.45, 2.75) is 6.04 Å². The van der Waals surface area contributed by atoms with E-state index in [2.05, 4.69) is 0 Å². The molecule has 0 bridgehead atoms. The van der Waals surface area contributed by atoms with Crippen LogP contribution < -0.4 is 9.64 Å². The number of ether oxygens (including phenoxy) is 1. The van der Waals surface area contributed by atoms with Crippen molar-refractivity contribution in [2.24, 2.45) is 0 Å². The van der Waals surface area contributed by atoms with Crippen LogP contribution in [0, 0.1) is 0 Å². The van der Waals surface area contributed by atoms with Crippen LogP contribution in [0.5, 0.6) is 5.75 Å². The van der Waals surface area contributed by atoms with Crippen molar-refractivity contribution < 1.29 is 39.2 Å². The Morgan fingerprint density at radius 1 is 0.743 bits per heavy atom. The number of aliphatic hydroxyl groups excluding tert-OH is 1. The molecule has 0 aliphatic carbocycles. The molecule has 1 fully saturated rings. The van der Waals surface area contributed by atoms with Gasteiger partial charge in [-0.2, -0.15) is 0 Å². The largest absolute Gasteiger partial charge is 0.507 e. The van der Waals surface area contributed by atoms with Crippen LogP contribution in [-0.2, 0) is 9.59 Å². The van der Waals surface area contributed by atoms with E-state index >= 15 is 0 Å². The van der Waals surface area contributed by atoms with Gasteiger partial charge >= 0.3 is 11.9 Å². The fraction of sp³-hybridized carbons (Fsp3) is 0.0769. The van der Waals surface area contributed by atoms with E-state index in [0.29, 0.717) is 11.3 Å². The third-order valence-electron chi connectivity index (χ3n) is 5.67. The van der Waals surface area contributed by atoms with Gasteiger partial charge in [-0.05, 0) is 66.2 Å². The lowest BCUT2D eigenvalue weighted by Gasteiger charge is -2.25. The van der Waals surface area contributed by atoms with Gasteiger partial charge in [-0.25, -0.2) is 9.59 Å². The molecule has 1 heterocycles. The first-order chi connectivity index (χ1) is 16.7. The number of Topliss-reactive ketones (excluding diaryl/α,β-unsaturated/α-hetero) is 1. The monoisotopic (exact) mass is 473 g/mol. The maximum Gasteiger partial charge on any atom is 0.335 e. The number of rotatable bonds is 6. The summed E-state index contributed by atoms with van der Waals surface area (Å²) in [6.45, 7) is 0. The van der Waals surface area contributed by atoms with Crippen LogP contribution in [0.4, 0.5) is 5.69 Å². The molecule has 1 atom stereocenters. The van der Waals surface area contributed by atoms with E-state index in [4.69, 9.17) is 4.74 Å². The summed E-state index contributed by atoms with van der Waals surface area (Å²) in [5.74, 6) is -4.04. The summed E-state index contributed by atoms with van der Waals surface area (Å²) in [6, 6.07) is 16.1. The van der Waals surface area contributed by atoms with Crippen LogP contribution in [0.15, 0.2) is 78.4 Å². The average molecular weight is 473 g/mol. The molecule has 1 aliphatic heterocycles. The van der Waals surface area contributed by atoms with E-state index in [1.807, 2.05) is 0 Å². The van der Waals surface area contributed by atoms with E-state index in [1.54, 1.807) is 12.1 Å². The fourth-order valence-corrected chi connectivity index (χ4v) is 3.89. The molecule has 35 heavy (non-hydrogen) atoms. The molecule has 9 nitrogen and oxygen atoms in total. The van der Waals surface area contributed by atoms with Crippen molar-refractivity contribution >= 4 is 35.1 Å². The number of aromatic carboxylic acids is 2. The number of carbonyl (C=O) groups excluding carboxylic acids is 2. The summed E-state index contributed by atoms with van der Waals surface area (Å²) in [7, 11) is 1.48. The predicted octanol–water partition coefficient (Wildman–Crippen LogP) is 3.72. The molecule has 9 heteroatoms. The number of methoxy groups -OCH3 is 1. The lowest BCUT2D eigenvalue weighted by Crippen LogP contribution is -2.29. The van der Waals surface area contributed by atoms with E-state index < -0.39 is 35.4 Å². The number of nitrogens with zero attached hydrogens (tertiary/aromatic N) is 1. The standard InChI is InChI=1S/C26H19NO8/c1-35-19-12-8-15(9-13-19)22(28)20-21(14-2-4-16(5-3-14)25(31)32)27(24(30)23(20)29)18-10-6-17(7-11-18)26(33)34/h2-13,21,28H,1H3,(H,31,32)(H,33,34)/b22-20+. The minimum Gasteiger partial charge on any atom is -0.507 e. The summed E-state index contributed by atoms with van der Waals surface area (Å²) in [5.41, 5.74) is 0.699. The minimum atomic E-state index is -1.15. The first-order valence-electron chi connectivity index (χ1n) is 10.3. The second-order valence-electron chi connectivity index (χ2n) is 7.68. The predicted molar refractivity (Wildman–Crippen MR) is 125 cm³/mol. The van der Waals surface area contributed by atoms with Gasteiger partial charge in [0.1, 0.15) is 11.5 Å². The quantitative estimate of drug-likeness (QED) is 0.279. The number of amides is 1. The van der Waals surface area contributed by atoms with Crippen LogP contribution in [-0.4, -0.2) is 46.1 Å². The van der Waals surface area contributed by atoms with E-state index in [1.165, 1.54) is 67.8 Å². The molecule has 1 unspecified atom stereocenters. The number of carboxylic acid groups (broad SMARTS) is 2. The van der Waals surface area contributed by atoms with Gasteiger partial charge in [0, 0.05) is 11.3 Å². The topological polar surface area (TPSA) is 141 Å². The lowest BCUT2D eigenvalue weighted by molar-refractivity contribution is -0.132. The zero-order valence-corrected chi connectivity index (χ0v) is 18.3. The van der Waals surface area contributed by atoms with Gasteiger partial charge in [-0.15, -0.1) is 0 Å². The van der Waals surface area contributed by atoms with Crippen LogP contribution in [0.25, 0.3) is 5.76 Å². The van der Waals surface area contributed by atoms with Crippen LogP contribution in [0.3, 0.4) is 0 Å². The van der Waals surface area contributed by atoms with Crippen LogP contribution >= 0.6 is 0 Å². The Kier molecular flexibility index (Phi) is 6.07. The van der Waals surface area contributed by atoms with Gasteiger partial charge in [0.25, 0.3) is 11.7 Å². The highest BCUT2D eigenvalue weighted by Crippen LogP contribution is 2.42. The molecule has 0 aromatic heterocycles. The Labute approximate surface area is 199 Å². The van der Waals surface area contributed by atoms with E-state index in [9.17, 15) is 34.5 Å². The Balaban J connectivity index is 1.90. The molecular weight excluding hydrogens is 454 g/mol. The first-order valence-corrected chi connectivity index (χ1v) is 10.3. The Bertz CT molecular complexity index is 1360. The summed E-state index contributed by atoms with van der Waals surface area (Å²) < 4.78 is 5.12. The fourth-order valence-electron chi connectivity index (χ4n) is 3.89. The van der Waals surface area contributed by atoms with Gasteiger partial charge < -0.3 is 20.1 Å². The van der Waals surface area contributed by atoms with Crippen molar-refractivity contribution in [3.05, 3.63) is 101 Å². The van der Waals surface area contributed by atoms with Crippen molar-refractivity contribution in [1.82, 2.24) is 0 Å². The molecule has 0 saturated carbocycles. The molecule has 1 amide bonds. The van der Waals surface area contributed by atoms with Gasteiger partial charge in [0.15, 0.2) is 0 Å². The first kappa shape index (κ1) is 23.2. The maximum absolute atomic E-state index is 13.1. The normalized spacial score (nSPS) is 16.8. The molecule has 3 aromatic rings. The highest BCUT2D eigenvalue weighted by atomic mass is 16.5. The number of hydrogen-bond acceptors (Lipinski definition) is 6. The Morgan fingerprint density at radius 3 is 1.71 bits per heavy atom. The maximum atomic E-state index is 13.1. The van der Waals surface area contributed by atoms with Gasteiger partial charge in [0.05, 0.1) is 29.9 Å². The van der Waals surface area contributed by atoms with E-state index in [-0.39, 0.29) is 28.0 Å². The molecule has 1 saturated heterocycles. The number of carboxylic acids is 2. The third-order valence-corrected chi connectivity index (χ3v) is 5.67. The number of benzene rings is 3. The molecule has 3 N–H and O–H groups in total. The zero-order chi connectivity index (χ0) is 25.3. The van der Waals surface area contributed by atoms with Gasteiger partial charge in [0.2, 0.25) is 0 Å². The van der Waals surface area contributed by atoms with Crippen LogP contribution in [0.2, 0.25) is 0 Å².